The highest BCUT2D eigenvalue weighted by atomic mass is 19.4. The lowest BCUT2D eigenvalue weighted by atomic mass is 10.1. The van der Waals surface area contributed by atoms with Crippen LogP contribution in [0.5, 0.6) is 11.5 Å². The van der Waals surface area contributed by atoms with E-state index in [4.69, 9.17) is 15.2 Å². The summed E-state index contributed by atoms with van der Waals surface area (Å²) in [5.74, 6) is 1.22. The number of nitrogens with zero attached hydrogens (tertiary/aromatic N) is 1. The van der Waals surface area contributed by atoms with Gasteiger partial charge in [0.25, 0.3) is 0 Å². The van der Waals surface area contributed by atoms with Gasteiger partial charge in [-0.2, -0.15) is 13.2 Å². The van der Waals surface area contributed by atoms with Crippen LogP contribution in [0.1, 0.15) is 11.6 Å². The zero-order chi connectivity index (χ0) is 14.8. The van der Waals surface area contributed by atoms with Crippen LogP contribution in [0.25, 0.3) is 0 Å². The summed E-state index contributed by atoms with van der Waals surface area (Å²) < 4.78 is 47.6. The van der Waals surface area contributed by atoms with Crippen LogP contribution in [0.3, 0.4) is 0 Å². The number of benzene rings is 1. The molecule has 1 aromatic carbocycles. The van der Waals surface area contributed by atoms with Gasteiger partial charge in [-0.3, -0.25) is 4.90 Å². The maximum atomic E-state index is 12.3. The molecule has 0 aliphatic carbocycles. The van der Waals surface area contributed by atoms with Crippen molar-refractivity contribution in [2.24, 2.45) is 5.73 Å². The Morgan fingerprint density at radius 2 is 1.90 bits per heavy atom. The van der Waals surface area contributed by atoms with Crippen LogP contribution in [0.4, 0.5) is 13.2 Å². The van der Waals surface area contributed by atoms with Crippen molar-refractivity contribution in [3.63, 3.8) is 0 Å². The smallest absolute Gasteiger partial charge is 0.401 e. The predicted octanol–water partition coefficient (Wildman–Crippen LogP) is 1.95. The van der Waals surface area contributed by atoms with Gasteiger partial charge < -0.3 is 15.2 Å². The molecule has 7 heteroatoms. The molecule has 1 aliphatic heterocycles. The Kier molecular flexibility index (Phi) is 4.39. The van der Waals surface area contributed by atoms with Crippen molar-refractivity contribution in [3.05, 3.63) is 23.8 Å². The van der Waals surface area contributed by atoms with Crippen LogP contribution in [-0.2, 0) is 0 Å². The number of halogens is 3. The van der Waals surface area contributed by atoms with E-state index < -0.39 is 18.8 Å². The number of likely N-dealkylation sites (N-methyl/N-ethyl adjacent to an activating group) is 1. The quantitative estimate of drug-likeness (QED) is 0.921. The van der Waals surface area contributed by atoms with Crippen LogP contribution >= 0.6 is 0 Å². The summed E-state index contributed by atoms with van der Waals surface area (Å²) in [7, 11) is 1.39. The zero-order valence-electron chi connectivity index (χ0n) is 11.1. The number of nitrogens with two attached hydrogens (primary N) is 1. The first-order valence-corrected chi connectivity index (χ1v) is 6.25. The second kappa shape index (κ2) is 5.88. The molecule has 0 fully saturated rings. The van der Waals surface area contributed by atoms with E-state index in [1.807, 2.05) is 0 Å². The van der Waals surface area contributed by atoms with E-state index in [9.17, 15) is 13.2 Å². The van der Waals surface area contributed by atoms with Crippen molar-refractivity contribution in [3.8, 4) is 11.5 Å². The average Bonchev–Trinajstić information content (AvgIpc) is 2.35. The van der Waals surface area contributed by atoms with Gasteiger partial charge in [-0.1, -0.05) is 6.07 Å². The molecule has 0 radical (unpaired) electrons. The molecule has 112 valence electrons. The normalized spacial score (nSPS) is 16.3. The Hall–Kier alpha value is -1.47. The van der Waals surface area contributed by atoms with Gasteiger partial charge in [-0.15, -0.1) is 0 Å². The standard InChI is InChI=1S/C13H17F3N2O2/c1-18(8-13(14,15)16)7-10(17)9-2-3-11-12(6-9)20-5-4-19-11/h2-3,6,10H,4-5,7-8,17H2,1H3. The van der Waals surface area contributed by atoms with Gasteiger partial charge >= 0.3 is 6.18 Å². The fraction of sp³-hybridized carbons (Fsp3) is 0.538. The van der Waals surface area contributed by atoms with E-state index in [2.05, 4.69) is 0 Å². The lowest BCUT2D eigenvalue weighted by molar-refractivity contribution is -0.143. The molecule has 1 heterocycles. The van der Waals surface area contributed by atoms with E-state index in [1.54, 1.807) is 18.2 Å². The van der Waals surface area contributed by atoms with E-state index in [0.717, 1.165) is 10.5 Å². The maximum Gasteiger partial charge on any atom is 0.401 e. The minimum absolute atomic E-state index is 0.110. The first-order chi connectivity index (χ1) is 9.35. The Bertz CT molecular complexity index is 465. The van der Waals surface area contributed by atoms with Crippen LogP contribution in [0.2, 0.25) is 0 Å². The van der Waals surface area contributed by atoms with Gasteiger partial charge in [-0.25, -0.2) is 0 Å². The Labute approximate surface area is 115 Å². The molecule has 0 saturated heterocycles. The summed E-state index contributed by atoms with van der Waals surface area (Å²) in [6, 6.07) is 4.69. The summed E-state index contributed by atoms with van der Waals surface area (Å²) in [6.45, 7) is 0.0802. The maximum absolute atomic E-state index is 12.3. The number of fused-ring (bicyclic) bond motifs is 1. The van der Waals surface area contributed by atoms with E-state index in [-0.39, 0.29) is 6.54 Å². The van der Waals surface area contributed by atoms with Crippen molar-refractivity contribution in [2.75, 3.05) is 33.4 Å². The zero-order valence-corrected chi connectivity index (χ0v) is 11.1. The third-order valence-electron chi connectivity index (χ3n) is 2.95. The number of ether oxygens (including phenoxy) is 2. The van der Waals surface area contributed by atoms with Crippen molar-refractivity contribution in [1.82, 2.24) is 4.90 Å². The summed E-state index contributed by atoms with van der Waals surface area (Å²) in [4.78, 5) is 1.15. The Balaban J connectivity index is 2.00. The highest BCUT2D eigenvalue weighted by Crippen LogP contribution is 2.32. The monoisotopic (exact) mass is 290 g/mol. The van der Waals surface area contributed by atoms with E-state index >= 15 is 0 Å². The second-order valence-corrected chi connectivity index (χ2v) is 4.82. The number of hydrogen-bond acceptors (Lipinski definition) is 4. The van der Waals surface area contributed by atoms with Crippen molar-refractivity contribution in [1.29, 1.82) is 0 Å². The summed E-state index contributed by atoms with van der Waals surface area (Å²) in [5.41, 5.74) is 6.67. The largest absolute Gasteiger partial charge is 0.486 e. The third kappa shape index (κ3) is 4.01. The van der Waals surface area contributed by atoms with Crippen molar-refractivity contribution >= 4 is 0 Å². The lowest BCUT2D eigenvalue weighted by Crippen LogP contribution is -2.36. The van der Waals surface area contributed by atoms with Gasteiger partial charge in [0.1, 0.15) is 13.2 Å². The summed E-state index contributed by atoms with van der Waals surface area (Å²) in [5, 5.41) is 0. The molecular formula is C13H17F3N2O2. The minimum atomic E-state index is -4.22. The van der Waals surface area contributed by atoms with Crippen LogP contribution in [0.15, 0.2) is 18.2 Å². The molecule has 0 saturated carbocycles. The second-order valence-electron chi connectivity index (χ2n) is 4.82. The van der Waals surface area contributed by atoms with Gasteiger partial charge in [0, 0.05) is 12.6 Å². The molecule has 0 spiro atoms. The van der Waals surface area contributed by atoms with Crippen LogP contribution < -0.4 is 15.2 Å². The molecule has 1 unspecified atom stereocenters. The summed E-state index contributed by atoms with van der Waals surface area (Å²) >= 11 is 0. The lowest BCUT2D eigenvalue weighted by Gasteiger charge is -2.24. The SMILES string of the molecule is CN(CC(N)c1ccc2c(c1)OCCO2)CC(F)(F)F. The van der Waals surface area contributed by atoms with Crippen molar-refractivity contribution in [2.45, 2.75) is 12.2 Å². The van der Waals surface area contributed by atoms with E-state index in [0.29, 0.717) is 24.7 Å². The fourth-order valence-corrected chi connectivity index (χ4v) is 2.10. The van der Waals surface area contributed by atoms with Gasteiger partial charge in [0.2, 0.25) is 0 Å². The number of hydrogen-bond donors (Lipinski definition) is 1. The summed E-state index contributed by atoms with van der Waals surface area (Å²) in [6.07, 6.45) is -4.22. The predicted molar refractivity (Wildman–Crippen MR) is 67.9 cm³/mol. The number of alkyl halides is 3. The van der Waals surface area contributed by atoms with Crippen molar-refractivity contribution < 1.29 is 22.6 Å². The molecule has 2 N–H and O–H groups in total. The van der Waals surface area contributed by atoms with Crippen LogP contribution in [0, 0.1) is 0 Å². The molecule has 1 aliphatic rings. The first kappa shape index (κ1) is 14.9. The Morgan fingerprint density at radius 1 is 1.25 bits per heavy atom. The first-order valence-electron chi connectivity index (χ1n) is 6.25. The van der Waals surface area contributed by atoms with Gasteiger partial charge in [0.15, 0.2) is 11.5 Å². The van der Waals surface area contributed by atoms with E-state index in [1.165, 1.54) is 7.05 Å². The highest BCUT2D eigenvalue weighted by molar-refractivity contribution is 5.44. The molecule has 1 atom stereocenters. The molecular weight excluding hydrogens is 273 g/mol. The average molecular weight is 290 g/mol. The fourth-order valence-electron chi connectivity index (χ4n) is 2.10. The molecule has 0 aromatic heterocycles. The third-order valence-corrected chi connectivity index (χ3v) is 2.95. The minimum Gasteiger partial charge on any atom is -0.486 e. The molecule has 4 nitrogen and oxygen atoms in total. The van der Waals surface area contributed by atoms with Gasteiger partial charge in [-0.05, 0) is 24.7 Å². The number of rotatable bonds is 4. The van der Waals surface area contributed by atoms with Crippen LogP contribution in [-0.4, -0.2) is 44.4 Å². The highest BCUT2D eigenvalue weighted by Gasteiger charge is 2.29. The molecule has 20 heavy (non-hydrogen) atoms. The topological polar surface area (TPSA) is 47.7 Å². The molecule has 0 amide bonds. The van der Waals surface area contributed by atoms with Gasteiger partial charge in [0.05, 0.1) is 6.54 Å². The molecule has 2 rings (SSSR count). The molecule has 1 aromatic rings. The Morgan fingerprint density at radius 3 is 2.55 bits per heavy atom. The molecule has 0 bridgehead atoms.